The minimum Gasteiger partial charge on any atom is -0.448 e. The lowest BCUT2D eigenvalue weighted by Gasteiger charge is -2.35. The molecule has 0 heterocycles. The summed E-state index contributed by atoms with van der Waals surface area (Å²) in [7, 11) is 1.57. The number of carbonyl (C=O) groups excluding carboxylic acids is 1. The smallest absolute Gasteiger partial charge is 0.406 e. The van der Waals surface area contributed by atoms with Gasteiger partial charge in [0.1, 0.15) is 6.61 Å². The molecular weight excluding hydrogens is 310 g/mol. The van der Waals surface area contributed by atoms with E-state index in [1.54, 1.807) is 7.05 Å². The van der Waals surface area contributed by atoms with Crippen LogP contribution in [0.5, 0.6) is 0 Å². The van der Waals surface area contributed by atoms with Gasteiger partial charge in [0.05, 0.1) is 5.41 Å². The average molecular weight is 331 g/mol. The summed E-state index contributed by atoms with van der Waals surface area (Å²) in [5, 5.41) is 2.53. The van der Waals surface area contributed by atoms with Gasteiger partial charge in [-0.2, -0.15) is 0 Å². The summed E-state index contributed by atoms with van der Waals surface area (Å²) in [6, 6.07) is 30.5. The molecule has 0 atom stereocenters. The molecule has 0 saturated heterocycles. The van der Waals surface area contributed by atoms with Crippen molar-refractivity contribution in [1.29, 1.82) is 0 Å². The second-order valence-corrected chi connectivity index (χ2v) is 5.83. The average Bonchev–Trinajstić information content (AvgIpc) is 2.71. The number of benzene rings is 3. The van der Waals surface area contributed by atoms with Gasteiger partial charge in [-0.3, -0.25) is 0 Å². The van der Waals surface area contributed by atoms with Crippen LogP contribution < -0.4 is 5.32 Å². The largest absolute Gasteiger partial charge is 0.448 e. The fourth-order valence-corrected chi connectivity index (χ4v) is 3.16. The maximum Gasteiger partial charge on any atom is 0.406 e. The molecule has 0 saturated carbocycles. The summed E-state index contributed by atoms with van der Waals surface area (Å²) in [4.78, 5) is 11.8. The van der Waals surface area contributed by atoms with Crippen LogP contribution in [0.25, 0.3) is 0 Å². The summed E-state index contributed by atoms with van der Waals surface area (Å²) >= 11 is 0. The third-order valence-electron chi connectivity index (χ3n) is 4.42. The Balaban J connectivity index is 2.22. The maximum atomic E-state index is 11.8. The number of carbonyl (C=O) groups is 1. The lowest BCUT2D eigenvalue weighted by Crippen LogP contribution is -2.37. The molecule has 0 aromatic heterocycles. The molecule has 0 aliphatic carbocycles. The van der Waals surface area contributed by atoms with Crippen LogP contribution in [0.4, 0.5) is 4.79 Å². The van der Waals surface area contributed by atoms with E-state index in [9.17, 15) is 4.79 Å². The monoisotopic (exact) mass is 331 g/mol. The molecule has 3 nitrogen and oxygen atoms in total. The Morgan fingerprint density at radius 3 is 1.44 bits per heavy atom. The van der Waals surface area contributed by atoms with Gasteiger partial charge in [-0.05, 0) is 16.7 Å². The first-order valence-electron chi connectivity index (χ1n) is 8.28. The maximum absolute atomic E-state index is 11.8. The van der Waals surface area contributed by atoms with Crippen LogP contribution in [0.15, 0.2) is 91.0 Å². The van der Waals surface area contributed by atoms with Crippen molar-refractivity contribution >= 4 is 6.09 Å². The summed E-state index contributed by atoms with van der Waals surface area (Å²) in [6.45, 7) is 0.213. The highest BCUT2D eigenvalue weighted by Crippen LogP contribution is 2.39. The summed E-state index contributed by atoms with van der Waals surface area (Å²) in [6.07, 6.45) is -0.438. The number of ether oxygens (including phenoxy) is 1. The molecule has 1 amide bonds. The molecule has 126 valence electrons. The molecule has 0 aliphatic rings. The highest BCUT2D eigenvalue weighted by molar-refractivity contribution is 5.67. The van der Waals surface area contributed by atoms with Crippen LogP contribution in [0.3, 0.4) is 0 Å². The van der Waals surface area contributed by atoms with Gasteiger partial charge in [-0.15, -0.1) is 0 Å². The number of hydrogen-bond donors (Lipinski definition) is 1. The zero-order valence-corrected chi connectivity index (χ0v) is 14.2. The second kappa shape index (κ2) is 7.67. The van der Waals surface area contributed by atoms with Crippen molar-refractivity contribution < 1.29 is 9.53 Å². The molecule has 0 radical (unpaired) electrons. The summed E-state index contributed by atoms with van der Waals surface area (Å²) < 4.78 is 5.57. The van der Waals surface area contributed by atoms with E-state index in [-0.39, 0.29) is 6.61 Å². The summed E-state index contributed by atoms with van der Waals surface area (Å²) in [5.74, 6) is 0. The van der Waals surface area contributed by atoms with Gasteiger partial charge < -0.3 is 10.1 Å². The Hall–Kier alpha value is -3.07. The Morgan fingerprint density at radius 2 is 1.12 bits per heavy atom. The fourth-order valence-electron chi connectivity index (χ4n) is 3.16. The van der Waals surface area contributed by atoms with E-state index in [2.05, 4.69) is 41.7 Å². The van der Waals surface area contributed by atoms with Crippen LogP contribution in [0, 0.1) is 0 Å². The zero-order valence-electron chi connectivity index (χ0n) is 14.2. The fraction of sp³-hybridized carbons (Fsp3) is 0.136. The first-order chi connectivity index (χ1) is 12.3. The van der Waals surface area contributed by atoms with Gasteiger partial charge in [-0.1, -0.05) is 91.0 Å². The van der Waals surface area contributed by atoms with Crippen LogP contribution in [0.1, 0.15) is 16.7 Å². The van der Waals surface area contributed by atoms with Crippen LogP contribution in [-0.2, 0) is 10.2 Å². The normalized spacial score (nSPS) is 10.9. The van der Waals surface area contributed by atoms with Crippen molar-refractivity contribution in [2.45, 2.75) is 5.41 Å². The minimum absolute atomic E-state index is 0.213. The highest BCUT2D eigenvalue weighted by atomic mass is 16.5. The Morgan fingerprint density at radius 1 is 0.760 bits per heavy atom. The lowest BCUT2D eigenvalue weighted by atomic mass is 9.70. The van der Waals surface area contributed by atoms with Crippen molar-refractivity contribution in [2.75, 3.05) is 13.7 Å². The molecule has 0 unspecified atom stereocenters. The highest BCUT2D eigenvalue weighted by Gasteiger charge is 2.37. The first kappa shape index (κ1) is 16.8. The van der Waals surface area contributed by atoms with Crippen LogP contribution in [0.2, 0.25) is 0 Å². The molecule has 25 heavy (non-hydrogen) atoms. The van der Waals surface area contributed by atoms with Gasteiger partial charge >= 0.3 is 6.09 Å². The second-order valence-electron chi connectivity index (χ2n) is 5.83. The molecule has 0 fully saturated rings. The van der Waals surface area contributed by atoms with Crippen molar-refractivity contribution in [1.82, 2.24) is 5.32 Å². The topological polar surface area (TPSA) is 38.3 Å². The first-order valence-corrected chi connectivity index (χ1v) is 8.28. The molecular formula is C22H21NO2. The Bertz CT molecular complexity index is 705. The molecule has 3 rings (SSSR count). The van der Waals surface area contributed by atoms with Crippen molar-refractivity contribution in [3.63, 3.8) is 0 Å². The third-order valence-corrected chi connectivity index (χ3v) is 4.42. The quantitative estimate of drug-likeness (QED) is 0.705. The van der Waals surface area contributed by atoms with E-state index >= 15 is 0 Å². The Kier molecular flexibility index (Phi) is 5.14. The van der Waals surface area contributed by atoms with Gasteiger partial charge in [0.25, 0.3) is 0 Å². The SMILES string of the molecule is CNC(=O)OCC(c1ccccc1)(c1ccccc1)c1ccccc1. The summed E-state index contributed by atoms with van der Waals surface area (Å²) in [5.41, 5.74) is 2.67. The van der Waals surface area contributed by atoms with Gasteiger partial charge in [0.15, 0.2) is 0 Å². The predicted molar refractivity (Wildman–Crippen MR) is 99.6 cm³/mol. The molecule has 0 spiro atoms. The van der Waals surface area contributed by atoms with Crippen LogP contribution in [-0.4, -0.2) is 19.7 Å². The molecule has 3 aromatic carbocycles. The van der Waals surface area contributed by atoms with E-state index < -0.39 is 11.5 Å². The van der Waals surface area contributed by atoms with Crippen molar-refractivity contribution in [3.05, 3.63) is 108 Å². The number of amides is 1. The number of rotatable bonds is 5. The van der Waals surface area contributed by atoms with Crippen molar-refractivity contribution in [3.8, 4) is 0 Å². The van der Waals surface area contributed by atoms with Gasteiger partial charge in [-0.25, -0.2) is 4.79 Å². The standard InChI is InChI=1S/C22H21NO2/c1-23-21(24)25-17-22(18-11-5-2-6-12-18,19-13-7-3-8-14-19)20-15-9-4-10-16-20/h2-16H,17H2,1H3,(H,23,24). The lowest BCUT2D eigenvalue weighted by molar-refractivity contribution is 0.133. The van der Waals surface area contributed by atoms with E-state index in [0.717, 1.165) is 16.7 Å². The molecule has 3 heteroatoms. The zero-order chi connectivity index (χ0) is 17.5. The molecule has 3 aromatic rings. The Labute approximate surface area is 148 Å². The van der Waals surface area contributed by atoms with E-state index in [1.807, 2.05) is 54.6 Å². The van der Waals surface area contributed by atoms with E-state index in [4.69, 9.17) is 4.74 Å². The van der Waals surface area contributed by atoms with Gasteiger partial charge in [0, 0.05) is 7.05 Å². The minimum atomic E-state index is -0.573. The van der Waals surface area contributed by atoms with Crippen LogP contribution >= 0.6 is 0 Å². The molecule has 0 aliphatic heterocycles. The number of nitrogens with one attached hydrogen (secondary N) is 1. The number of hydrogen-bond acceptors (Lipinski definition) is 2. The van der Waals surface area contributed by atoms with E-state index in [0.29, 0.717) is 0 Å². The molecule has 0 bridgehead atoms. The third kappa shape index (κ3) is 3.41. The van der Waals surface area contributed by atoms with Gasteiger partial charge in [0.2, 0.25) is 0 Å². The van der Waals surface area contributed by atoms with Crippen molar-refractivity contribution in [2.24, 2.45) is 0 Å². The molecule has 1 N–H and O–H groups in total. The number of alkyl carbamates (subject to hydrolysis) is 1. The predicted octanol–water partition coefficient (Wildman–Crippen LogP) is 4.38. The van der Waals surface area contributed by atoms with E-state index in [1.165, 1.54) is 0 Å².